The Morgan fingerprint density at radius 3 is 2.93 bits per heavy atom. The fourth-order valence-electron chi connectivity index (χ4n) is 4.90. The lowest BCUT2D eigenvalue weighted by Gasteiger charge is -2.47. The highest BCUT2D eigenvalue weighted by atomic mass is 16.5. The zero-order valence-electron chi connectivity index (χ0n) is 17.0. The number of rotatable bonds is 4. The molecule has 0 radical (unpaired) electrons. The van der Waals surface area contributed by atoms with Gasteiger partial charge in [-0.1, -0.05) is 31.0 Å². The fraction of sp³-hybridized carbons (Fsp3) is 0.417. The molecule has 0 unspecified atom stereocenters. The molecule has 3 aromatic rings. The Kier molecular flexibility index (Phi) is 4.95. The van der Waals surface area contributed by atoms with Crippen LogP contribution >= 0.6 is 0 Å². The van der Waals surface area contributed by atoms with Crippen LogP contribution in [0.1, 0.15) is 48.2 Å². The lowest BCUT2D eigenvalue weighted by Crippen LogP contribution is -2.54. The highest BCUT2D eigenvalue weighted by molar-refractivity contribution is 5.97. The molecule has 1 aliphatic heterocycles. The minimum atomic E-state index is -0.589. The van der Waals surface area contributed by atoms with E-state index in [0.29, 0.717) is 37.4 Å². The first-order valence-electron chi connectivity index (χ1n) is 10.8. The first-order chi connectivity index (χ1) is 14.6. The molecule has 1 N–H and O–H groups in total. The molecule has 5 rings (SSSR count). The van der Waals surface area contributed by atoms with Crippen LogP contribution in [0.25, 0.3) is 5.65 Å². The van der Waals surface area contributed by atoms with Crippen LogP contribution in [0, 0.1) is 5.92 Å². The van der Waals surface area contributed by atoms with Gasteiger partial charge in [0.2, 0.25) is 0 Å². The van der Waals surface area contributed by atoms with Gasteiger partial charge >= 0.3 is 0 Å². The van der Waals surface area contributed by atoms with Crippen LogP contribution < -0.4 is 4.74 Å². The lowest BCUT2D eigenvalue weighted by atomic mass is 9.71. The average molecular weight is 405 g/mol. The Bertz CT molecular complexity index is 1030. The maximum atomic E-state index is 13.3. The Labute approximate surface area is 176 Å². The highest BCUT2D eigenvalue weighted by Gasteiger charge is 2.44. The van der Waals surface area contributed by atoms with E-state index < -0.39 is 5.60 Å². The van der Waals surface area contributed by atoms with Gasteiger partial charge < -0.3 is 19.1 Å². The monoisotopic (exact) mass is 405 g/mol. The van der Waals surface area contributed by atoms with Crippen LogP contribution in [0.2, 0.25) is 0 Å². The number of piperidine rings is 1. The molecule has 1 saturated heterocycles. The topological polar surface area (TPSA) is 67.1 Å². The average Bonchev–Trinajstić information content (AvgIpc) is 3.20. The maximum absolute atomic E-state index is 13.3. The lowest BCUT2D eigenvalue weighted by molar-refractivity contribution is -0.0886. The number of hydrogen-bond donors (Lipinski definition) is 1. The van der Waals surface area contributed by atoms with Crippen molar-refractivity contribution in [2.75, 3.05) is 13.1 Å². The second-order valence-electron chi connectivity index (χ2n) is 8.53. The summed E-state index contributed by atoms with van der Waals surface area (Å²) in [5.41, 5.74) is 1.67. The van der Waals surface area contributed by atoms with Crippen LogP contribution in [-0.4, -0.2) is 44.0 Å². The molecule has 1 saturated carbocycles. The van der Waals surface area contributed by atoms with E-state index in [4.69, 9.17) is 4.74 Å². The SMILES string of the molecule is O=C(c1ccccc1OCc1cn2ccccc2n1)N1CC[C@@]2(O)CCCC[C@@H]2C1. The minimum absolute atomic E-state index is 0.0202. The van der Waals surface area contributed by atoms with E-state index >= 15 is 0 Å². The summed E-state index contributed by atoms with van der Waals surface area (Å²) < 4.78 is 7.97. The third-order valence-electron chi connectivity index (χ3n) is 6.62. The van der Waals surface area contributed by atoms with Gasteiger partial charge in [-0.25, -0.2) is 4.98 Å². The number of imidazole rings is 1. The molecule has 3 heterocycles. The summed E-state index contributed by atoms with van der Waals surface area (Å²) in [4.78, 5) is 19.7. The van der Waals surface area contributed by atoms with Crippen molar-refractivity contribution in [2.24, 2.45) is 5.92 Å². The number of likely N-dealkylation sites (tertiary alicyclic amines) is 1. The van der Waals surface area contributed by atoms with Crippen molar-refractivity contribution in [2.45, 2.75) is 44.3 Å². The Balaban J connectivity index is 1.31. The van der Waals surface area contributed by atoms with Crippen molar-refractivity contribution in [3.63, 3.8) is 0 Å². The minimum Gasteiger partial charge on any atom is -0.486 e. The van der Waals surface area contributed by atoms with Gasteiger partial charge in [0.25, 0.3) is 5.91 Å². The molecule has 0 spiro atoms. The number of para-hydroxylation sites is 1. The molecule has 6 heteroatoms. The van der Waals surface area contributed by atoms with Crippen LogP contribution in [-0.2, 0) is 6.61 Å². The van der Waals surface area contributed by atoms with Crippen molar-refractivity contribution >= 4 is 11.6 Å². The number of nitrogens with zero attached hydrogens (tertiary/aromatic N) is 3. The molecule has 156 valence electrons. The number of fused-ring (bicyclic) bond motifs is 2. The Hall–Kier alpha value is -2.86. The summed E-state index contributed by atoms with van der Waals surface area (Å²) in [6, 6.07) is 13.3. The predicted octanol–water partition coefficient (Wildman–Crippen LogP) is 3.68. The molecule has 1 aromatic carbocycles. The third-order valence-corrected chi connectivity index (χ3v) is 6.62. The van der Waals surface area contributed by atoms with E-state index in [-0.39, 0.29) is 11.8 Å². The van der Waals surface area contributed by atoms with Crippen molar-refractivity contribution in [1.82, 2.24) is 14.3 Å². The summed E-state index contributed by atoms with van der Waals surface area (Å²) in [6.07, 6.45) is 8.62. The molecule has 1 amide bonds. The van der Waals surface area contributed by atoms with Crippen LogP contribution in [0.5, 0.6) is 5.75 Å². The number of pyridine rings is 1. The van der Waals surface area contributed by atoms with E-state index in [1.165, 1.54) is 0 Å². The second kappa shape index (κ2) is 7.76. The summed E-state index contributed by atoms with van der Waals surface area (Å²) in [7, 11) is 0. The molecule has 2 aromatic heterocycles. The number of carbonyl (C=O) groups is 1. The van der Waals surface area contributed by atoms with Gasteiger partial charge in [0.15, 0.2) is 0 Å². The van der Waals surface area contributed by atoms with Crippen LogP contribution in [0.15, 0.2) is 54.9 Å². The maximum Gasteiger partial charge on any atom is 0.257 e. The number of amides is 1. The molecular formula is C24H27N3O3. The molecule has 1 aliphatic carbocycles. The van der Waals surface area contributed by atoms with E-state index in [0.717, 1.165) is 37.0 Å². The predicted molar refractivity (Wildman–Crippen MR) is 113 cm³/mol. The number of aromatic nitrogens is 2. The van der Waals surface area contributed by atoms with Crippen LogP contribution in [0.3, 0.4) is 0 Å². The van der Waals surface area contributed by atoms with Crippen molar-refractivity contribution < 1.29 is 14.6 Å². The number of carbonyl (C=O) groups excluding carboxylic acids is 1. The van der Waals surface area contributed by atoms with E-state index in [9.17, 15) is 9.90 Å². The molecule has 30 heavy (non-hydrogen) atoms. The van der Waals surface area contributed by atoms with E-state index in [1.54, 1.807) is 0 Å². The normalized spacial score (nSPS) is 23.9. The van der Waals surface area contributed by atoms with Gasteiger partial charge in [0.1, 0.15) is 18.0 Å². The summed E-state index contributed by atoms with van der Waals surface area (Å²) >= 11 is 0. The summed E-state index contributed by atoms with van der Waals surface area (Å²) in [5.74, 6) is 0.729. The highest BCUT2D eigenvalue weighted by Crippen LogP contribution is 2.40. The largest absolute Gasteiger partial charge is 0.486 e. The first-order valence-corrected chi connectivity index (χ1v) is 10.8. The van der Waals surface area contributed by atoms with Gasteiger partial charge in [-0.15, -0.1) is 0 Å². The third kappa shape index (κ3) is 3.56. The van der Waals surface area contributed by atoms with E-state index in [1.807, 2.05) is 64.2 Å². The number of ether oxygens (including phenoxy) is 1. The van der Waals surface area contributed by atoms with Gasteiger partial charge in [0.05, 0.1) is 16.9 Å². The Morgan fingerprint density at radius 1 is 1.17 bits per heavy atom. The van der Waals surface area contributed by atoms with Crippen molar-refractivity contribution in [3.8, 4) is 5.75 Å². The molecule has 6 nitrogen and oxygen atoms in total. The molecular weight excluding hydrogens is 378 g/mol. The standard InChI is InChI=1S/C24H27N3O3/c28-23(27-14-12-24(29)11-5-3-7-18(24)15-27)20-8-1-2-9-21(20)30-17-19-16-26-13-6-4-10-22(26)25-19/h1-2,4,6,8-10,13,16,18,29H,3,5,7,11-12,14-15,17H2/t18-,24+/m1/s1. The number of benzene rings is 1. The van der Waals surface area contributed by atoms with Gasteiger partial charge in [-0.3, -0.25) is 4.79 Å². The molecule has 2 fully saturated rings. The smallest absolute Gasteiger partial charge is 0.257 e. The fourth-order valence-corrected chi connectivity index (χ4v) is 4.90. The molecule has 2 aliphatic rings. The first kappa shape index (κ1) is 19.1. The van der Waals surface area contributed by atoms with Crippen LogP contribution in [0.4, 0.5) is 0 Å². The molecule has 0 bridgehead atoms. The summed E-state index contributed by atoms with van der Waals surface area (Å²) in [5, 5.41) is 10.9. The Morgan fingerprint density at radius 2 is 2.03 bits per heavy atom. The van der Waals surface area contributed by atoms with Gasteiger partial charge in [0, 0.05) is 31.4 Å². The van der Waals surface area contributed by atoms with Crippen molar-refractivity contribution in [1.29, 1.82) is 0 Å². The number of aliphatic hydroxyl groups is 1. The summed E-state index contributed by atoms with van der Waals surface area (Å²) in [6.45, 7) is 1.51. The quantitative estimate of drug-likeness (QED) is 0.719. The zero-order chi connectivity index (χ0) is 20.6. The number of hydrogen-bond acceptors (Lipinski definition) is 4. The second-order valence-corrected chi connectivity index (χ2v) is 8.53. The van der Waals surface area contributed by atoms with E-state index in [2.05, 4.69) is 4.98 Å². The van der Waals surface area contributed by atoms with Gasteiger partial charge in [-0.2, -0.15) is 0 Å². The zero-order valence-corrected chi connectivity index (χ0v) is 17.0. The van der Waals surface area contributed by atoms with Gasteiger partial charge in [-0.05, 0) is 43.5 Å². The van der Waals surface area contributed by atoms with Crippen molar-refractivity contribution in [3.05, 3.63) is 66.1 Å². The molecule has 2 atom stereocenters.